The maximum Gasteiger partial charge on any atom is 0.144 e. The topological polar surface area (TPSA) is 142 Å². The highest BCUT2D eigenvalue weighted by Crippen LogP contribution is 2.25. The van der Waals surface area contributed by atoms with Crippen molar-refractivity contribution in [1.82, 2.24) is 5.32 Å². The Bertz CT molecular complexity index is 744. The first-order valence-electron chi connectivity index (χ1n) is 4.79. The molecule has 1 N–H and O–H groups in total. The molecular formula is C12H4N7-. The van der Waals surface area contributed by atoms with Crippen molar-refractivity contribution in [2.75, 3.05) is 7.05 Å². The maximum absolute atomic E-state index is 9.05. The summed E-state index contributed by atoms with van der Waals surface area (Å²) in [5.74, 6) is 1.69. The molecule has 0 aliphatic carbocycles. The summed E-state index contributed by atoms with van der Waals surface area (Å²) in [6.45, 7) is 0. The smallest absolute Gasteiger partial charge is 0.144 e. The SMILES string of the molecule is CN=C1N/C(=C(/C#N)C(=C=[N-])C#N)C(C#N)=C1C#N. The second-order valence-corrected chi connectivity index (χ2v) is 3.13. The van der Waals surface area contributed by atoms with Gasteiger partial charge in [0.25, 0.3) is 0 Å². The zero-order valence-corrected chi connectivity index (χ0v) is 9.68. The van der Waals surface area contributed by atoms with Gasteiger partial charge in [-0.15, -0.1) is 0 Å². The molecule has 0 aromatic heterocycles. The minimum Gasteiger partial charge on any atom is -0.762 e. The van der Waals surface area contributed by atoms with Crippen molar-refractivity contribution in [1.29, 1.82) is 21.0 Å². The van der Waals surface area contributed by atoms with Gasteiger partial charge in [-0.25, -0.2) is 5.87 Å². The number of rotatable bonds is 1. The lowest BCUT2D eigenvalue weighted by atomic mass is 10.0. The van der Waals surface area contributed by atoms with Gasteiger partial charge in [-0.05, 0) is 0 Å². The summed E-state index contributed by atoms with van der Waals surface area (Å²) in [7, 11) is 1.41. The molecule has 1 heterocycles. The van der Waals surface area contributed by atoms with E-state index in [0.29, 0.717) is 0 Å². The molecule has 0 atom stereocenters. The van der Waals surface area contributed by atoms with Crippen LogP contribution in [0.4, 0.5) is 0 Å². The van der Waals surface area contributed by atoms with Crippen molar-refractivity contribution in [3.8, 4) is 24.3 Å². The van der Waals surface area contributed by atoms with Gasteiger partial charge in [-0.1, -0.05) is 0 Å². The standard InChI is InChI=1S/C12H4N7/c1-18-12-10(6-17)9(5-16)11(19-12)8(4-15)7(2-13)3-14/h1H3,(H,18,19)/q-1/b11-8-. The molecule has 7 nitrogen and oxygen atoms in total. The summed E-state index contributed by atoms with van der Waals surface area (Å²) in [5, 5.41) is 47.2. The van der Waals surface area contributed by atoms with Crippen LogP contribution in [-0.2, 0) is 0 Å². The lowest BCUT2D eigenvalue weighted by Gasteiger charge is -2.03. The van der Waals surface area contributed by atoms with E-state index in [1.807, 2.05) is 0 Å². The summed E-state index contributed by atoms with van der Waals surface area (Å²) in [6.07, 6.45) is 0. The highest BCUT2D eigenvalue weighted by molar-refractivity contribution is 6.09. The van der Waals surface area contributed by atoms with Crippen LogP contribution in [0.5, 0.6) is 0 Å². The van der Waals surface area contributed by atoms with Gasteiger partial charge in [0.05, 0.1) is 16.8 Å². The van der Waals surface area contributed by atoms with E-state index in [9.17, 15) is 0 Å². The Morgan fingerprint density at radius 3 is 2.11 bits per heavy atom. The molecule has 0 amide bonds. The molecule has 0 aromatic carbocycles. The highest BCUT2D eigenvalue weighted by atomic mass is 15.0. The van der Waals surface area contributed by atoms with E-state index in [0.717, 1.165) is 0 Å². The summed E-state index contributed by atoms with van der Waals surface area (Å²) in [4.78, 5) is 3.77. The molecule has 0 fully saturated rings. The van der Waals surface area contributed by atoms with Gasteiger partial charge in [0, 0.05) is 7.05 Å². The second kappa shape index (κ2) is 5.62. The van der Waals surface area contributed by atoms with E-state index < -0.39 is 5.57 Å². The third kappa shape index (κ3) is 2.09. The minimum atomic E-state index is -0.438. The predicted octanol–water partition coefficient (Wildman–Crippen LogP) is 0.428. The molecule has 0 bridgehead atoms. The molecule has 1 aliphatic rings. The molecule has 0 saturated carbocycles. The van der Waals surface area contributed by atoms with Gasteiger partial charge in [-0.3, -0.25) is 4.99 Å². The first-order chi connectivity index (χ1) is 9.18. The fourth-order valence-electron chi connectivity index (χ4n) is 1.44. The van der Waals surface area contributed by atoms with Crippen LogP contribution in [0.1, 0.15) is 0 Å². The van der Waals surface area contributed by atoms with E-state index in [1.165, 1.54) is 7.05 Å². The minimum absolute atomic E-state index is 0.0250. The zero-order chi connectivity index (χ0) is 14.4. The van der Waals surface area contributed by atoms with Gasteiger partial charge in [-0.2, -0.15) is 21.0 Å². The second-order valence-electron chi connectivity index (χ2n) is 3.13. The molecule has 0 radical (unpaired) electrons. The average molecular weight is 246 g/mol. The van der Waals surface area contributed by atoms with Crippen LogP contribution in [0.25, 0.3) is 5.41 Å². The molecule has 88 valence electrons. The third-order valence-electron chi connectivity index (χ3n) is 2.26. The van der Waals surface area contributed by atoms with Gasteiger partial charge < -0.3 is 10.7 Å². The Balaban J connectivity index is 3.74. The van der Waals surface area contributed by atoms with Crippen molar-refractivity contribution < 1.29 is 0 Å². The molecule has 0 saturated heterocycles. The fourth-order valence-corrected chi connectivity index (χ4v) is 1.44. The number of allylic oxidation sites excluding steroid dienone is 3. The van der Waals surface area contributed by atoms with Crippen LogP contribution < -0.4 is 5.32 Å². The lowest BCUT2D eigenvalue weighted by Crippen LogP contribution is -2.18. The van der Waals surface area contributed by atoms with E-state index in [-0.39, 0.29) is 28.3 Å². The predicted molar refractivity (Wildman–Crippen MR) is 64.9 cm³/mol. The number of nitriles is 4. The largest absolute Gasteiger partial charge is 0.762 e. The molecular weight excluding hydrogens is 242 g/mol. The maximum atomic E-state index is 9.05. The number of hydrogen-bond acceptors (Lipinski definition) is 5. The van der Waals surface area contributed by atoms with E-state index in [2.05, 4.69) is 10.3 Å². The third-order valence-corrected chi connectivity index (χ3v) is 2.26. The average Bonchev–Trinajstić information content (AvgIpc) is 2.81. The molecule has 7 heteroatoms. The number of aliphatic imine (C=N–C) groups is 1. The molecule has 1 rings (SSSR count). The number of amidine groups is 1. The first-order valence-corrected chi connectivity index (χ1v) is 4.79. The summed E-state index contributed by atoms with van der Waals surface area (Å²) in [5.41, 5.74) is -0.897. The normalized spacial score (nSPS) is 17.4. The molecule has 0 unspecified atom stereocenters. The van der Waals surface area contributed by atoms with Gasteiger partial charge >= 0.3 is 0 Å². The molecule has 1 aliphatic heterocycles. The summed E-state index contributed by atoms with van der Waals surface area (Å²) < 4.78 is 0. The number of hydrogen-bond donors (Lipinski definition) is 1. The van der Waals surface area contributed by atoms with Crippen molar-refractivity contribution in [2.24, 2.45) is 4.99 Å². The summed E-state index contributed by atoms with van der Waals surface area (Å²) in [6, 6.07) is 6.82. The Kier molecular flexibility index (Phi) is 3.97. The van der Waals surface area contributed by atoms with Crippen LogP contribution in [0.15, 0.2) is 33.0 Å². The zero-order valence-electron chi connectivity index (χ0n) is 9.68. The number of nitrogens with zero attached hydrogens (tertiary/aromatic N) is 6. The van der Waals surface area contributed by atoms with Crippen molar-refractivity contribution >= 4 is 11.7 Å². The van der Waals surface area contributed by atoms with Crippen molar-refractivity contribution in [3.05, 3.63) is 33.4 Å². The van der Waals surface area contributed by atoms with E-state index >= 15 is 0 Å². The Labute approximate surface area is 108 Å². The summed E-state index contributed by atoms with van der Waals surface area (Å²) >= 11 is 0. The van der Waals surface area contributed by atoms with Gasteiger partial charge in [0.1, 0.15) is 41.3 Å². The van der Waals surface area contributed by atoms with Crippen LogP contribution in [0, 0.1) is 45.3 Å². The Morgan fingerprint density at radius 1 is 1.11 bits per heavy atom. The van der Waals surface area contributed by atoms with E-state index in [1.54, 1.807) is 30.1 Å². The van der Waals surface area contributed by atoms with Crippen LogP contribution in [0.2, 0.25) is 0 Å². The Hall–Kier alpha value is -3.64. The van der Waals surface area contributed by atoms with E-state index in [4.69, 9.17) is 26.5 Å². The van der Waals surface area contributed by atoms with Crippen LogP contribution in [-0.4, -0.2) is 18.8 Å². The van der Waals surface area contributed by atoms with Gasteiger partial charge in [0.2, 0.25) is 0 Å². The van der Waals surface area contributed by atoms with Crippen LogP contribution in [0.3, 0.4) is 0 Å². The quantitative estimate of drug-likeness (QED) is 0.527. The van der Waals surface area contributed by atoms with Gasteiger partial charge in [0.15, 0.2) is 0 Å². The fraction of sp³-hybridized carbons (Fsp3) is 0.0833. The van der Waals surface area contributed by atoms with Crippen molar-refractivity contribution in [2.45, 2.75) is 0 Å². The highest BCUT2D eigenvalue weighted by Gasteiger charge is 2.29. The number of nitrogens with one attached hydrogen (secondary N) is 1. The molecule has 0 spiro atoms. The van der Waals surface area contributed by atoms with Crippen LogP contribution >= 0.6 is 0 Å². The molecule has 0 aromatic rings. The van der Waals surface area contributed by atoms with Crippen molar-refractivity contribution in [3.63, 3.8) is 0 Å². The monoisotopic (exact) mass is 246 g/mol. The first kappa shape index (κ1) is 13.4. The molecule has 19 heavy (non-hydrogen) atoms. The lowest BCUT2D eigenvalue weighted by molar-refractivity contribution is 1.16. The Morgan fingerprint density at radius 2 is 1.74 bits per heavy atom.